The van der Waals surface area contributed by atoms with Crippen molar-refractivity contribution in [1.29, 1.82) is 0 Å². The molecular weight excluding hydrogens is 440 g/mol. The molecule has 0 bridgehead atoms. The molecule has 1 aromatic heterocycles. The molecule has 0 spiro atoms. The van der Waals surface area contributed by atoms with E-state index in [1.807, 2.05) is 25.1 Å². The number of nitrogens with one attached hydrogen (secondary N) is 1. The summed E-state index contributed by atoms with van der Waals surface area (Å²) in [5.41, 5.74) is 4.75. The van der Waals surface area contributed by atoms with E-state index in [-0.39, 0.29) is 24.9 Å². The largest absolute Gasteiger partial charge is 0.482 e. The summed E-state index contributed by atoms with van der Waals surface area (Å²) in [4.78, 5) is 21.0. The molecule has 8 heteroatoms. The van der Waals surface area contributed by atoms with E-state index in [9.17, 15) is 9.90 Å². The van der Waals surface area contributed by atoms with Gasteiger partial charge in [0.05, 0.1) is 17.3 Å². The first-order chi connectivity index (χ1) is 15.6. The van der Waals surface area contributed by atoms with Gasteiger partial charge in [-0.1, -0.05) is 12.1 Å². The number of halogens is 1. The average molecular weight is 469 g/mol. The number of fused-ring (bicyclic) bond motifs is 2. The number of amides is 1. The van der Waals surface area contributed by atoms with Crippen molar-refractivity contribution in [3.05, 3.63) is 59.8 Å². The lowest BCUT2D eigenvalue weighted by Gasteiger charge is -2.37. The molecule has 174 valence electrons. The van der Waals surface area contributed by atoms with E-state index in [1.165, 1.54) is 11.1 Å². The number of benzene rings is 2. The van der Waals surface area contributed by atoms with Crippen LogP contribution in [0.25, 0.3) is 10.9 Å². The fourth-order valence-corrected chi connectivity index (χ4v) is 4.51. The fourth-order valence-electron chi connectivity index (χ4n) is 4.51. The minimum absolute atomic E-state index is 0. The van der Waals surface area contributed by atoms with Gasteiger partial charge in [0.2, 0.25) is 0 Å². The summed E-state index contributed by atoms with van der Waals surface area (Å²) in [6.07, 6.45) is 0.0648. The Morgan fingerprint density at radius 3 is 2.76 bits per heavy atom. The van der Waals surface area contributed by atoms with Gasteiger partial charge in [0, 0.05) is 49.5 Å². The number of aryl methyl sites for hydroxylation is 1. The molecule has 0 saturated carbocycles. The summed E-state index contributed by atoms with van der Waals surface area (Å²) in [5.74, 6) is 0.481. The Bertz CT molecular complexity index is 1150. The van der Waals surface area contributed by atoms with E-state index < -0.39 is 6.10 Å². The van der Waals surface area contributed by atoms with Crippen molar-refractivity contribution in [3.63, 3.8) is 0 Å². The quantitative estimate of drug-likeness (QED) is 0.596. The number of nitrogens with zero attached hydrogens (tertiary/aromatic N) is 3. The zero-order chi connectivity index (χ0) is 22.1. The second kappa shape index (κ2) is 9.95. The van der Waals surface area contributed by atoms with Crippen LogP contribution in [0.2, 0.25) is 0 Å². The molecule has 5 rings (SSSR count). The number of pyridine rings is 1. The van der Waals surface area contributed by atoms with Crippen LogP contribution in [0, 0.1) is 6.92 Å². The number of aliphatic hydroxyl groups excluding tert-OH is 1. The van der Waals surface area contributed by atoms with Gasteiger partial charge < -0.3 is 20.1 Å². The zero-order valence-electron chi connectivity index (χ0n) is 18.7. The number of rotatable bonds is 5. The van der Waals surface area contributed by atoms with E-state index in [4.69, 9.17) is 4.74 Å². The molecule has 1 atom stereocenters. The number of anilines is 2. The van der Waals surface area contributed by atoms with Gasteiger partial charge in [-0.05, 0) is 55.3 Å². The Morgan fingerprint density at radius 2 is 1.94 bits per heavy atom. The number of aliphatic hydroxyl groups is 1. The third-order valence-corrected chi connectivity index (χ3v) is 6.30. The molecule has 7 nitrogen and oxygen atoms in total. The molecule has 1 unspecified atom stereocenters. The predicted octanol–water partition coefficient (Wildman–Crippen LogP) is 3.54. The first-order valence-electron chi connectivity index (χ1n) is 11.2. The molecule has 0 radical (unpaired) electrons. The number of aromatic nitrogens is 1. The molecule has 0 aliphatic carbocycles. The summed E-state index contributed by atoms with van der Waals surface area (Å²) in [5, 5.41) is 14.7. The minimum Gasteiger partial charge on any atom is -0.482 e. The van der Waals surface area contributed by atoms with Gasteiger partial charge in [0.25, 0.3) is 5.91 Å². The highest BCUT2D eigenvalue weighted by molar-refractivity contribution is 5.95. The van der Waals surface area contributed by atoms with Gasteiger partial charge in [0.1, 0.15) is 5.75 Å². The maximum absolute atomic E-state index is 11.5. The number of piperazine rings is 1. The summed E-state index contributed by atoms with van der Waals surface area (Å²) in [6, 6.07) is 16.1. The van der Waals surface area contributed by atoms with Gasteiger partial charge in [-0.15, -0.1) is 12.4 Å². The second-order valence-electron chi connectivity index (χ2n) is 8.52. The first-order valence-corrected chi connectivity index (χ1v) is 11.2. The number of hydrogen-bond acceptors (Lipinski definition) is 6. The molecule has 2 N–H and O–H groups in total. The first kappa shape index (κ1) is 23.3. The van der Waals surface area contributed by atoms with Crippen LogP contribution in [-0.2, 0) is 4.79 Å². The zero-order valence-corrected chi connectivity index (χ0v) is 19.5. The van der Waals surface area contributed by atoms with Gasteiger partial charge in [-0.25, -0.2) is 0 Å². The minimum atomic E-state index is -0.579. The lowest BCUT2D eigenvalue weighted by Crippen LogP contribution is -2.46. The van der Waals surface area contributed by atoms with Crippen LogP contribution in [0.1, 0.15) is 23.8 Å². The molecule has 33 heavy (non-hydrogen) atoms. The Balaban J connectivity index is 0.00000259. The van der Waals surface area contributed by atoms with Crippen LogP contribution in [0.15, 0.2) is 48.5 Å². The van der Waals surface area contributed by atoms with E-state index in [0.29, 0.717) is 17.9 Å². The summed E-state index contributed by atoms with van der Waals surface area (Å²) in [7, 11) is 0. The highest BCUT2D eigenvalue weighted by atomic mass is 35.5. The summed E-state index contributed by atoms with van der Waals surface area (Å²) >= 11 is 0. The number of ether oxygens (including phenoxy) is 1. The monoisotopic (exact) mass is 468 g/mol. The van der Waals surface area contributed by atoms with Crippen molar-refractivity contribution in [2.45, 2.75) is 19.4 Å². The van der Waals surface area contributed by atoms with Crippen LogP contribution >= 0.6 is 12.4 Å². The third-order valence-electron chi connectivity index (χ3n) is 6.30. The average Bonchev–Trinajstić information content (AvgIpc) is 2.81. The Hall–Kier alpha value is -2.87. The molecule has 2 aromatic carbocycles. The molecule has 1 fully saturated rings. The van der Waals surface area contributed by atoms with Gasteiger partial charge in [0.15, 0.2) is 6.61 Å². The SMILES string of the molecule is Cc1ccc2c(N3CCN(CCC(O)c4ccc5c(c4)NC(=O)CO5)CC3)cccc2n1.Cl. The molecule has 2 aliphatic heterocycles. The van der Waals surface area contributed by atoms with Crippen molar-refractivity contribution < 1.29 is 14.6 Å². The van der Waals surface area contributed by atoms with Crippen molar-refractivity contribution >= 4 is 40.6 Å². The molecule has 1 amide bonds. The van der Waals surface area contributed by atoms with Crippen molar-refractivity contribution in [2.24, 2.45) is 0 Å². The fraction of sp³-hybridized carbons (Fsp3) is 0.360. The highest BCUT2D eigenvalue weighted by Gasteiger charge is 2.21. The normalized spacial score (nSPS) is 17.0. The van der Waals surface area contributed by atoms with E-state index in [0.717, 1.165) is 49.5 Å². The topological polar surface area (TPSA) is 77.9 Å². The Labute approximate surface area is 199 Å². The molecule has 3 aromatic rings. The van der Waals surface area contributed by atoms with Crippen molar-refractivity contribution in [2.75, 3.05) is 49.5 Å². The van der Waals surface area contributed by atoms with E-state index in [1.54, 1.807) is 0 Å². The van der Waals surface area contributed by atoms with E-state index >= 15 is 0 Å². The smallest absolute Gasteiger partial charge is 0.262 e. The molecule has 2 aliphatic rings. The lowest BCUT2D eigenvalue weighted by molar-refractivity contribution is -0.118. The van der Waals surface area contributed by atoms with Gasteiger partial charge in [-0.2, -0.15) is 0 Å². The number of hydrogen-bond donors (Lipinski definition) is 2. The van der Waals surface area contributed by atoms with Crippen LogP contribution in [0.4, 0.5) is 11.4 Å². The standard InChI is InChI=1S/C25H28N4O3.ClH/c1-17-5-7-19-20(26-17)3-2-4-22(19)29-13-11-28(12-14-29)10-9-23(30)18-6-8-24-21(15-18)27-25(31)16-32-24;/h2-8,15,23,30H,9-14,16H2,1H3,(H,27,31);1H. The lowest BCUT2D eigenvalue weighted by atomic mass is 10.0. The maximum Gasteiger partial charge on any atom is 0.262 e. The summed E-state index contributed by atoms with van der Waals surface area (Å²) < 4.78 is 5.39. The Kier molecular flexibility index (Phi) is 7.02. The number of carbonyl (C=O) groups is 1. The maximum atomic E-state index is 11.5. The number of carbonyl (C=O) groups excluding carboxylic acids is 1. The Morgan fingerprint density at radius 1 is 1.12 bits per heavy atom. The second-order valence-corrected chi connectivity index (χ2v) is 8.52. The van der Waals surface area contributed by atoms with Crippen LogP contribution in [0.3, 0.4) is 0 Å². The van der Waals surface area contributed by atoms with Gasteiger partial charge >= 0.3 is 0 Å². The van der Waals surface area contributed by atoms with Gasteiger partial charge in [-0.3, -0.25) is 14.7 Å². The van der Waals surface area contributed by atoms with Crippen molar-refractivity contribution in [3.8, 4) is 5.75 Å². The van der Waals surface area contributed by atoms with Crippen molar-refractivity contribution in [1.82, 2.24) is 9.88 Å². The third kappa shape index (κ3) is 5.05. The van der Waals surface area contributed by atoms with E-state index in [2.05, 4.69) is 50.4 Å². The molecule has 1 saturated heterocycles. The highest BCUT2D eigenvalue weighted by Crippen LogP contribution is 2.32. The molecule has 3 heterocycles. The van der Waals surface area contributed by atoms with Crippen LogP contribution in [-0.4, -0.2) is 60.2 Å². The predicted molar refractivity (Wildman–Crippen MR) is 133 cm³/mol. The van der Waals surface area contributed by atoms with Crippen LogP contribution < -0.4 is 15.0 Å². The summed E-state index contributed by atoms with van der Waals surface area (Å²) in [6.45, 7) is 6.69. The van der Waals surface area contributed by atoms with Crippen LogP contribution in [0.5, 0.6) is 5.75 Å². The molecular formula is C25H29ClN4O3.